The summed E-state index contributed by atoms with van der Waals surface area (Å²) in [6.07, 6.45) is 1.65. The second-order valence-electron chi connectivity index (χ2n) is 6.14. The molecule has 0 aliphatic rings. The second-order valence-corrected chi connectivity index (χ2v) is 6.14. The van der Waals surface area contributed by atoms with Gasteiger partial charge in [0.25, 0.3) is 0 Å². The number of carbonyl (C=O) groups is 1. The number of hydrogen-bond donors (Lipinski definition) is 0. The van der Waals surface area contributed by atoms with Crippen molar-refractivity contribution in [2.75, 3.05) is 0 Å². The molecule has 0 spiro atoms. The van der Waals surface area contributed by atoms with Gasteiger partial charge in [-0.05, 0) is 36.6 Å². The molecule has 0 N–H and O–H groups in total. The van der Waals surface area contributed by atoms with Crippen molar-refractivity contribution in [2.24, 2.45) is 0 Å². The van der Waals surface area contributed by atoms with Crippen LogP contribution in [0.1, 0.15) is 15.9 Å². The highest BCUT2D eigenvalue weighted by Gasteiger charge is 2.16. The van der Waals surface area contributed by atoms with E-state index in [0.29, 0.717) is 22.9 Å². The van der Waals surface area contributed by atoms with E-state index in [1.807, 2.05) is 61.5 Å². The standard InChI is InChI=1S/C23H17NO3/c1-16-9-11-18(12-10-16)23(25)26-20-14-13-17-6-2-3-7-19(17)22(20)27-21-8-4-5-15-24-21/h2-15H,1H3. The van der Waals surface area contributed by atoms with Gasteiger partial charge in [0, 0.05) is 17.6 Å². The minimum Gasteiger partial charge on any atom is -0.434 e. The summed E-state index contributed by atoms with van der Waals surface area (Å²) < 4.78 is 11.7. The summed E-state index contributed by atoms with van der Waals surface area (Å²) in [4.78, 5) is 16.8. The van der Waals surface area contributed by atoms with Gasteiger partial charge in [-0.25, -0.2) is 9.78 Å². The number of rotatable bonds is 4. The van der Waals surface area contributed by atoms with E-state index in [-0.39, 0.29) is 0 Å². The third-order valence-corrected chi connectivity index (χ3v) is 4.18. The van der Waals surface area contributed by atoms with Crippen molar-refractivity contribution < 1.29 is 14.3 Å². The molecule has 4 nitrogen and oxygen atoms in total. The summed E-state index contributed by atoms with van der Waals surface area (Å²) in [5, 5.41) is 1.83. The van der Waals surface area contributed by atoms with Crippen molar-refractivity contribution in [3.8, 4) is 17.4 Å². The topological polar surface area (TPSA) is 48.4 Å². The minimum absolute atomic E-state index is 0.352. The number of aromatic nitrogens is 1. The zero-order valence-corrected chi connectivity index (χ0v) is 14.8. The number of benzene rings is 3. The second kappa shape index (κ2) is 7.30. The molecule has 0 atom stereocenters. The number of pyridine rings is 1. The molecular weight excluding hydrogens is 338 g/mol. The van der Waals surface area contributed by atoms with Crippen LogP contribution in [-0.2, 0) is 0 Å². The predicted molar refractivity (Wildman–Crippen MR) is 104 cm³/mol. The number of carbonyl (C=O) groups excluding carboxylic acids is 1. The molecule has 0 bridgehead atoms. The zero-order valence-electron chi connectivity index (χ0n) is 14.8. The van der Waals surface area contributed by atoms with Crippen LogP contribution in [0.15, 0.2) is 85.1 Å². The van der Waals surface area contributed by atoms with E-state index in [2.05, 4.69) is 4.98 Å². The number of fused-ring (bicyclic) bond motifs is 1. The van der Waals surface area contributed by atoms with Crippen LogP contribution in [0.5, 0.6) is 17.4 Å². The van der Waals surface area contributed by atoms with Gasteiger partial charge < -0.3 is 9.47 Å². The van der Waals surface area contributed by atoms with E-state index in [4.69, 9.17) is 9.47 Å². The summed E-state index contributed by atoms with van der Waals surface area (Å²) in [7, 11) is 0. The Kier molecular flexibility index (Phi) is 4.54. The molecule has 0 amide bonds. The Bertz CT molecular complexity index is 1090. The smallest absolute Gasteiger partial charge is 0.343 e. The Morgan fingerprint density at radius 2 is 1.63 bits per heavy atom. The Balaban J connectivity index is 1.74. The highest BCUT2D eigenvalue weighted by atomic mass is 16.6. The van der Waals surface area contributed by atoms with Crippen molar-refractivity contribution in [2.45, 2.75) is 6.92 Å². The maximum atomic E-state index is 12.6. The predicted octanol–water partition coefficient (Wildman–Crippen LogP) is 5.55. The van der Waals surface area contributed by atoms with Gasteiger partial charge in [0.05, 0.1) is 5.56 Å². The van der Waals surface area contributed by atoms with Crippen molar-refractivity contribution in [1.82, 2.24) is 4.98 Å². The molecular formula is C23H17NO3. The first-order valence-electron chi connectivity index (χ1n) is 8.60. The lowest BCUT2D eigenvalue weighted by Gasteiger charge is -2.13. The lowest BCUT2D eigenvalue weighted by Crippen LogP contribution is -2.09. The first-order valence-corrected chi connectivity index (χ1v) is 8.60. The molecule has 0 saturated heterocycles. The normalized spacial score (nSPS) is 10.6. The van der Waals surface area contributed by atoms with E-state index in [1.54, 1.807) is 30.5 Å². The number of aryl methyl sites for hydroxylation is 1. The van der Waals surface area contributed by atoms with Gasteiger partial charge in [-0.3, -0.25) is 0 Å². The molecule has 3 aromatic carbocycles. The van der Waals surface area contributed by atoms with Crippen LogP contribution in [0.2, 0.25) is 0 Å². The largest absolute Gasteiger partial charge is 0.434 e. The fraction of sp³-hybridized carbons (Fsp3) is 0.0435. The molecule has 4 aromatic rings. The minimum atomic E-state index is -0.434. The van der Waals surface area contributed by atoms with Gasteiger partial charge in [0.1, 0.15) is 0 Å². The monoisotopic (exact) mass is 355 g/mol. The van der Waals surface area contributed by atoms with E-state index in [9.17, 15) is 4.79 Å². The fourth-order valence-electron chi connectivity index (χ4n) is 2.77. The number of nitrogens with zero attached hydrogens (tertiary/aromatic N) is 1. The lowest BCUT2D eigenvalue weighted by atomic mass is 10.1. The summed E-state index contributed by atoms with van der Waals surface area (Å²) >= 11 is 0. The quantitative estimate of drug-likeness (QED) is 0.355. The van der Waals surface area contributed by atoms with Gasteiger partial charge in [-0.15, -0.1) is 0 Å². The Hall–Kier alpha value is -3.66. The molecule has 0 aliphatic heterocycles. The number of esters is 1. The highest BCUT2D eigenvalue weighted by molar-refractivity contribution is 5.95. The van der Waals surface area contributed by atoms with Gasteiger partial charge >= 0.3 is 5.97 Å². The van der Waals surface area contributed by atoms with Crippen molar-refractivity contribution in [1.29, 1.82) is 0 Å². The van der Waals surface area contributed by atoms with Crippen LogP contribution in [0.4, 0.5) is 0 Å². The molecule has 1 heterocycles. The SMILES string of the molecule is Cc1ccc(C(=O)Oc2ccc3ccccc3c2Oc2ccccn2)cc1. The number of ether oxygens (including phenoxy) is 2. The Morgan fingerprint density at radius 1 is 0.852 bits per heavy atom. The van der Waals surface area contributed by atoms with E-state index < -0.39 is 5.97 Å². The van der Waals surface area contributed by atoms with Crippen molar-refractivity contribution in [3.63, 3.8) is 0 Å². The highest BCUT2D eigenvalue weighted by Crippen LogP contribution is 2.38. The molecule has 0 saturated carbocycles. The summed E-state index contributed by atoms with van der Waals surface area (Å²) in [5.74, 6) is 0.815. The van der Waals surface area contributed by atoms with Crippen LogP contribution in [0.25, 0.3) is 10.8 Å². The van der Waals surface area contributed by atoms with Gasteiger partial charge in [0.2, 0.25) is 5.88 Å². The molecule has 4 heteroatoms. The molecule has 1 aromatic heterocycles. The average molecular weight is 355 g/mol. The van der Waals surface area contributed by atoms with E-state index in [0.717, 1.165) is 16.3 Å². The van der Waals surface area contributed by atoms with Crippen molar-refractivity contribution in [3.05, 3.63) is 96.2 Å². The third kappa shape index (κ3) is 3.65. The molecule has 0 fully saturated rings. The van der Waals surface area contributed by atoms with Crippen LogP contribution in [0, 0.1) is 6.92 Å². The van der Waals surface area contributed by atoms with Crippen LogP contribution in [0.3, 0.4) is 0 Å². The Labute approximate surface area is 157 Å². The molecule has 132 valence electrons. The molecule has 27 heavy (non-hydrogen) atoms. The van der Waals surface area contributed by atoms with E-state index >= 15 is 0 Å². The summed E-state index contributed by atoms with van der Waals surface area (Å²) in [5.41, 5.74) is 1.56. The first-order chi connectivity index (χ1) is 13.2. The third-order valence-electron chi connectivity index (χ3n) is 4.18. The van der Waals surface area contributed by atoms with Crippen LogP contribution < -0.4 is 9.47 Å². The fourth-order valence-corrected chi connectivity index (χ4v) is 2.77. The summed E-state index contributed by atoms with van der Waals surface area (Å²) in [6.45, 7) is 1.97. The molecule has 0 unspecified atom stereocenters. The summed E-state index contributed by atoms with van der Waals surface area (Å²) in [6, 6.07) is 24.1. The first kappa shape index (κ1) is 16.8. The van der Waals surface area contributed by atoms with Crippen LogP contribution >= 0.6 is 0 Å². The maximum Gasteiger partial charge on any atom is 0.343 e. The van der Waals surface area contributed by atoms with E-state index in [1.165, 1.54) is 0 Å². The van der Waals surface area contributed by atoms with Gasteiger partial charge in [-0.2, -0.15) is 0 Å². The Morgan fingerprint density at radius 3 is 2.41 bits per heavy atom. The molecule has 0 aliphatic carbocycles. The number of hydrogen-bond acceptors (Lipinski definition) is 4. The maximum absolute atomic E-state index is 12.6. The molecule has 0 radical (unpaired) electrons. The van der Waals surface area contributed by atoms with Gasteiger partial charge in [0.15, 0.2) is 11.5 Å². The zero-order chi connectivity index (χ0) is 18.6. The van der Waals surface area contributed by atoms with Crippen molar-refractivity contribution >= 4 is 16.7 Å². The average Bonchev–Trinajstić information content (AvgIpc) is 2.71. The van der Waals surface area contributed by atoms with Crippen LogP contribution in [-0.4, -0.2) is 11.0 Å². The lowest BCUT2D eigenvalue weighted by molar-refractivity contribution is 0.0731. The molecule has 4 rings (SSSR count). The van der Waals surface area contributed by atoms with Gasteiger partial charge in [-0.1, -0.05) is 54.1 Å².